The van der Waals surface area contributed by atoms with Crippen LogP contribution in [0.25, 0.3) is 0 Å². The summed E-state index contributed by atoms with van der Waals surface area (Å²) in [5, 5.41) is 2.60. The Morgan fingerprint density at radius 3 is 2.61 bits per heavy atom. The van der Waals surface area contributed by atoms with Crippen LogP contribution in [0.1, 0.15) is 30.5 Å². The molecular formula is C29H31N3O5S. The first kappa shape index (κ1) is 27.1. The maximum atomic E-state index is 13.3. The van der Waals surface area contributed by atoms with Crippen molar-refractivity contribution >= 4 is 28.8 Å². The van der Waals surface area contributed by atoms with Gasteiger partial charge in [0, 0.05) is 30.9 Å². The molecule has 0 radical (unpaired) electrons. The number of methoxy groups -OCH3 is 2. The van der Waals surface area contributed by atoms with E-state index in [2.05, 4.69) is 6.58 Å². The third-order valence-electron chi connectivity index (χ3n) is 6.31. The van der Waals surface area contributed by atoms with Crippen molar-refractivity contribution in [2.75, 3.05) is 27.9 Å². The lowest BCUT2D eigenvalue weighted by molar-refractivity contribution is -0.138. The van der Waals surface area contributed by atoms with Crippen LogP contribution in [0, 0.1) is 0 Å². The monoisotopic (exact) mass is 533 g/mol. The number of hydrogen-bond donors (Lipinski definition) is 0. The van der Waals surface area contributed by atoms with Crippen molar-refractivity contribution in [2.45, 2.75) is 25.9 Å². The molecule has 1 atom stereocenters. The van der Waals surface area contributed by atoms with E-state index in [4.69, 9.17) is 19.2 Å². The highest BCUT2D eigenvalue weighted by molar-refractivity contribution is 8.16. The Kier molecular flexibility index (Phi) is 8.58. The smallest absolute Gasteiger partial charge is 0.338 e. The number of rotatable bonds is 10. The number of amidine groups is 1. The van der Waals surface area contributed by atoms with Gasteiger partial charge < -0.3 is 24.0 Å². The average molecular weight is 534 g/mol. The average Bonchev–Trinajstić information content (AvgIpc) is 3.32. The largest absolute Gasteiger partial charge is 0.497 e. The van der Waals surface area contributed by atoms with Crippen LogP contribution in [0.3, 0.4) is 0 Å². The molecule has 2 aromatic carbocycles. The number of allylic oxidation sites excluding steroid dienone is 1. The van der Waals surface area contributed by atoms with Crippen molar-refractivity contribution in [3.63, 3.8) is 0 Å². The number of thioether (sulfide) groups is 1. The standard InChI is InChI=1S/C29H31N3O5S/c1-6-14-37-28(34)26-19(2)30-29-32(27(26)23-13-12-22(35-4)16-24(23)36-5)21(18-38-29)15-25(33)31(3)17-20-10-8-7-9-11-20/h6-13,16,18,27H,1,14-15,17H2,2-5H3. The minimum absolute atomic E-state index is 0.0514. The molecule has 0 bridgehead atoms. The van der Waals surface area contributed by atoms with Gasteiger partial charge >= 0.3 is 5.97 Å². The van der Waals surface area contributed by atoms with Crippen molar-refractivity contribution in [1.82, 2.24) is 9.80 Å². The Bertz CT molecular complexity index is 1320. The summed E-state index contributed by atoms with van der Waals surface area (Å²) in [5.74, 6) is 0.610. The van der Waals surface area contributed by atoms with Gasteiger partial charge in [-0.2, -0.15) is 0 Å². The molecule has 0 fully saturated rings. The van der Waals surface area contributed by atoms with E-state index in [0.29, 0.717) is 34.5 Å². The third-order valence-corrected chi connectivity index (χ3v) is 7.20. The predicted molar refractivity (Wildman–Crippen MR) is 149 cm³/mol. The van der Waals surface area contributed by atoms with Gasteiger partial charge in [-0.05, 0) is 30.0 Å². The molecule has 0 saturated heterocycles. The summed E-state index contributed by atoms with van der Waals surface area (Å²) >= 11 is 1.42. The molecule has 8 nitrogen and oxygen atoms in total. The van der Waals surface area contributed by atoms with E-state index < -0.39 is 12.0 Å². The van der Waals surface area contributed by atoms with Crippen LogP contribution in [-0.2, 0) is 20.9 Å². The Morgan fingerprint density at radius 1 is 1.16 bits per heavy atom. The first-order valence-corrected chi connectivity index (χ1v) is 13.0. The van der Waals surface area contributed by atoms with Crippen LogP contribution >= 0.6 is 11.8 Å². The molecule has 2 aliphatic heterocycles. The van der Waals surface area contributed by atoms with E-state index in [0.717, 1.165) is 16.8 Å². The minimum Gasteiger partial charge on any atom is -0.497 e. The van der Waals surface area contributed by atoms with Crippen LogP contribution < -0.4 is 9.47 Å². The van der Waals surface area contributed by atoms with Gasteiger partial charge in [0.1, 0.15) is 18.1 Å². The highest BCUT2D eigenvalue weighted by atomic mass is 32.2. The summed E-state index contributed by atoms with van der Waals surface area (Å²) in [6, 6.07) is 14.7. The fourth-order valence-electron chi connectivity index (χ4n) is 4.42. The van der Waals surface area contributed by atoms with Crippen molar-refractivity contribution in [1.29, 1.82) is 0 Å². The minimum atomic E-state index is -0.617. The Hall–Kier alpha value is -3.98. The van der Waals surface area contributed by atoms with E-state index >= 15 is 0 Å². The topological polar surface area (TPSA) is 80.7 Å². The van der Waals surface area contributed by atoms with E-state index in [1.54, 1.807) is 39.2 Å². The first-order chi connectivity index (χ1) is 18.4. The number of benzene rings is 2. The summed E-state index contributed by atoms with van der Waals surface area (Å²) in [6.07, 6.45) is 1.66. The Labute approximate surface area is 227 Å². The Balaban J connectivity index is 1.70. The van der Waals surface area contributed by atoms with Gasteiger partial charge in [0.05, 0.1) is 38.0 Å². The van der Waals surface area contributed by atoms with Gasteiger partial charge in [0.15, 0.2) is 5.17 Å². The van der Waals surface area contributed by atoms with Crippen molar-refractivity contribution in [3.05, 3.63) is 94.7 Å². The Morgan fingerprint density at radius 2 is 1.92 bits per heavy atom. The highest BCUT2D eigenvalue weighted by Gasteiger charge is 2.42. The van der Waals surface area contributed by atoms with Crippen LogP contribution in [-0.4, -0.2) is 54.7 Å². The second kappa shape index (κ2) is 12.0. The molecule has 2 aliphatic rings. The molecule has 0 N–H and O–H groups in total. The van der Waals surface area contributed by atoms with Gasteiger partial charge in [0.2, 0.25) is 5.91 Å². The summed E-state index contributed by atoms with van der Waals surface area (Å²) < 4.78 is 16.6. The molecule has 2 aromatic rings. The highest BCUT2D eigenvalue weighted by Crippen LogP contribution is 2.47. The molecule has 1 unspecified atom stereocenters. The number of carbonyl (C=O) groups excluding carboxylic acids is 2. The zero-order valence-corrected chi connectivity index (χ0v) is 22.8. The summed E-state index contributed by atoms with van der Waals surface area (Å²) in [5.41, 5.74) is 3.43. The summed E-state index contributed by atoms with van der Waals surface area (Å²) in [4.78, 5) is 34.9. The number of ether oxygens (including phenoxy) is 3. The fourth-order valence-corrected chi connectivity index (χ4v) is 5.38. The van der Waals surface area contributed by atoms with Crippen molar-refractivity contribution in [2.24, 2.45) is 4.99 Å². The quantitative estimate of drug-likeness (QED) is 0.312. The second-order valence-electron chi connectivity index (χ2n) is 8.80. The van der Waals surface area contributed by atoms with Crippen LogP contribution in [0.4, 0.5) is 0 Å². The van der Waals surface area contributed by atoms with E-state index in [1.165, 1.54) is 17.8 Å². The lowest BCUT2D eigenvalue weighted by atomic mass is 9.93. The van der Waals surface area contributed by atoms with Crippen LogP contribution in [0.2, 0.25) is 0 Å². The second-order valence-corrected chi connectivity index (χ2v) is 9.64. The van der Waals surface area contributed by atoms with Gasteiger partial charge in [-0.1, -0.05) is 54.7 Å². The summed E-state index contributed by atoms with van der Waals surface area (Å²) in [7, 11) is 4.94. The predicted octanol–water partition coefficient (Wildman–Crippen LogP) is 5.06. The molecule has 2 heterocycles. The number of aliphatic imine (C=N–C) groups is 1. The van der Waals surface area contributed by atoms with Gasteiger partial charge in [-0.25, -0.2) is 9.79 Å². The SMILES string of the molecule is C=CCOC(=O)C1=C(C)N=C2SC=C(CC(=O)N(C)Cc3ccccc3)N2C1c1ccc(OC)cc1OC. The molecule has 0 aliphatic carbocycles. The molecular weight excluding hydrogens is 502 g/mol. The van der Waals surface area contributed by atoms with E-state index in [9.17, 15) is 9.59 Å². The maximum Gasteiger partial charge on any atom is 0.338 e. The lowest BCUT2D eigenvalue weighted by Gasteiger charge is -2.37. The first-order valence-electron chi connectivity index (χ1n) is 12.1. The normalized spacial score (nSPS) is 16.3. The van der Waals surface area contributed by atoms with Crippen molar-refractivity contribution in [3.8, 4) is 11.5 Å². The molecule has 4 rings (SSSR count). The molecule has 198 valence electrons. The molecule has 0 spiro atoms. The number of hydrogen-bond acceptors (Lipinski definition) is 8. The zero-order chi connectivity index (χ0) is 27.2. The van der Waals surface area contributed by atoms with Crippen molar-refractivity contribution < 1.29 is 23.8 Å². The summed E-state index contributed by atoms with van der Waals surface area (Å²) in [6.45, 7) is 6.00. The number of carbonyl (C=O) groups is 2. The van der Waals surface area contributed by atoms with Crippen LogP contribution in [0.5, 0.6) is 11.5 Å². The maximum absolute atomic E-state index is 13.3. The number of amides is 1. The number of fused-ring (bicyclic) bond motifs is 1. The van der Waals surface area contributed by atoms with Crippen LogP contribution in [0.15, 0.2) is 88.6 Å². The molecule has 0 aromatic heterocycles. The third kappa shape index (κ3) is 5.62. The molecule has 9 heteroatoms. The molecule has 1 amide bonds. The van der Waals surface area contributed by atoms with Gasteiger partial charge in [-0.3, -0.25) is 4.79 Å². The van der Waals surface area contributed by atoms with E-state index in [1.807, 2.05) is 52.8 Å². The van der Waals surface area contributed by atoms with E-state index in [-0.39, 0.29) is 18.9 Å². The molecule has 38 heavy (non-hydrogen) atoms. The molecule has 0 saturated carbocycles. The van der Waals surface area contributed by atoms with Gasteiger partial charge in [-0.15, -0.1) is 0 Å². The number of esters is 1. The number of nitrogens with zero attached hydrogens (tertiary/aromatic N) is 3. The zero-order valence-electron chi connectivity index (χ0n) is 22.0. The van der Waals surface area contributed by atoms with Gasteiger partial charge in [0.25, 0.3) is 0 Å². The fraction of sp³-hybridized carbons (Fsp3) is 0.276. The lowest BCUT2D eigenvalue weighted by Crippen LogP contribution is -2.38.